The van der Waals surface area contributed by atoms with E-state index in [1.54, 1.807) is 28.9 Å². The number of carbonyl (C=O) groups excluding carboxylic acids is 1. The molecule has 0 fully saturated rings. The third-order valence-electron chi connectivity index (χ3n) is 3.33. The van der Waals surface area contributed by atoms with Crippen LogP contribution in [0.15, 0.2) is 41.5 Å². The van der Waals surface area contributed by atoms with Crippen molar-refractivity contribution in [2.45, 2.75) is 13.5 Å². The highest BCUT2D eigenvalue weighted by Gasteiger charge is 2.16. The van der Waals surface area contributed by atoms with Gasteiger partial charge in [0.2, 0.25) is 5.43 Å². The summed E-state index contributed by atoms with van der Waals surface area (Å²) in [7, 11) is 0. The quantitative estimate of drug-likeness (QED) is 0.756. The maximum Gasteiger partial charge on any atom is 0.203 e. The number of benzene rings is 1. The molecule has 0 unspecified atom stereocenters. The first kappa shape index (κ1) is 13.6. The summed E-state index contributed by atoms with van der Waals surface area (Å²) in [5, 5.41) is 5.07. The number of aromatic nitrogens is 3. The molecule has 0 aliphatic carbocycles. The molecule has 0 spiro atoms. The molecule has 21 heavy (non-hydrogen) atoms. The summed E-state index contributed by atoms with van der Waals surface area (Å²) in [6, 6.07) is 6.45. The minimum absolute atomic E-state index is 0.0977. The van der Waals surface area contributed by atoms with Crippen molar-refractivity contribution in [3.05, 3.63) is 63.0 Å². The van der Waals surface area contributed by atoms with Crippen molar-refractivity contribution >= 4 is 28.4 Å². The highest BCUT2D eigenvalue weighted by atomic mass is 35.5. The second kappa shape index (κ2) is 5.18. The van der Waals surface area contributed by atoms with Crippen LogP contribution in [0.3, 0.4) is 0 Å². The highest BCUT2D eigenvalue weighted by Crippen LogP contribution is 2.14. The van der Waals surface area contributed by atoms with Crippen LogP contribution >= 0.6 is 11.6 Å². The third-order valence-corrected chi connectivity index (χ3v) is 3.58. The molecule has 0 aliphatic rings. The largest absolute Gasteiger partial charge is 0.345 e. The zero-order valence-corrected chi connectivity index (χ0v) is 12.0. The van der Waals surface area contributed by atoms with E-state index in [-0.39, 0.29) is 16.8 Å². The van der Waals surface area contributed by atoms with Crippen LogP contribution in [0.5, 0.6) is 0 Å². The number of pyridine rings is 1. The van der Waals surface area contributed by atoms with Crippen LogP contribution in [0.25, 0.3) is 11.0 Å². The molecule has 106 valence electrons. The first-order valence-electron chi connectivity index (χ1n) is 6.49. The van der Waals surface area contributed by atoms with Crippen molar-refractivity contribution in [1.29, 1.82) is 0 Å². The van der Waals surface area contributed by atoms with Gasteiger partial charge < -0.3 is 4.98 Å². The van der Waals surface area contributed by atoms with Crippen LogP contribution in [0, 0.1) is 0 Å². The number of H-pyrrole nitrogens is 1. The van der Waals surface area contributed by atoms with Gasteiger partial charge in [-0.3, -0.25) is 9.59 Å². The second-order valence-electron chi connectivity index (χ2n) is 4.59. The molecule has 1 N–H and O–H groups in total. The molecule has 0 atom stereocenters. The molecule has 2 aromatic heterocycles. The van der Waals surface area contributed by atoms with Gasteiger partial charge in [0.25, 0.3) is 0 Å². The van der Waals surface area contributed by atoms with Gasteiger partial charge >= 0.3 is 0 Å². The molecular formula is C15H12ClN3O2. The molecule has 0 radical (unpaired) electrons. The van der Waals surface area contributed by atoms with E-state index < -0.39 is 0 Å². The lowest BCUT2D eigenvalue weighted by Gasteiger charge is -2.02. The van der Waals surface area contributed by atoms with E-state index in [2.05, 4.69) is 10.1 Å². The fraction of sp³-hybridized carbons (Fsp3) is 0.133. The molecule has 2 heterocycles. The van der Waals surface area contributed by atoms with Gasteiger partial charge in [-0.15, -0.1) is 0 Å². The molecule has 6 heteroatoms. The number of nitrogens with zero attached hydrogens (tertiary/aromatic N) is 2. The van der Waals surface area contributed by atoms with Gasteiger partial charge in [0.1, 0.15) is 5.65 Å². The number of nitrogens with one attached hydrogen (secondary N) is 1. The zero-order valence-electron chi connectivity index (χ0n) is 11.3. The van der Waals surface area contributed by atoms with Gasteiger partial charge in [0, 0.05) is 23.3 Å². The number of hydrogen-bond donors (Lipinski definition) is 1. The summed E-state index contributed by atoms with van der Waals surface area (Å²) in [6.45, 7) is 2.57. The van der Waals surface area contributed by atoms with Gasteiger partial charge in [0.05, 0.1) is 17.1 Å². The van der Waals surface area contributed by atoms with Gasteiger partial charge in [-0.25, -0.2) is 4.68 Å². The van der Waals surface area contributed by atoms with Crippen molar-refractivity contribution in [1.82, 2.24) is 14.8 Å². The van der Waals surface area contributed by atoms with Crippen molar-refractivity contribution < 1.29 is 4.79 Å². The molecule has 0 aliphatic heterocycles. The van der Waals surface area contributed by atoms with Gasteiger partial charge in [-0.2, -0.15) is 5.10 Å². The fourth-order valence-electron chi connectivity index (χ4n) is 2.22. The first-order valence-corrected chi connectivity index (χ1v) is 6.87. The SMILES string of the molecule is CCn1ncc2c(=O)c(C(=O)c3ccc(Cl)cc3)c[nH]c21. The Morgan fingerprint density at radius 1 is 1.33 bits per heavy atom. The molecule has 1 aromatic carbocycles. The smallest absolute Gasteiger partial charge is 0.203 e. The molecule has 0 saturated carbocycles. The molecule has 3 aromatic rings. The Morgan fingerprint density at radius 2 is 2.05 bits per heavy atom. The summed E-state index contributed by atoms with van der Waals surface area (Å²) in [5.41, 5.74) is 0.825. The number of hydrogen-bond acceptors (Lipinski definition) is 3. The Kier molecular flexibility index (Phi) is 3.35. The molecule has 0 amide bonds. The minimum Gasteiger partial charge on any atom is -0.345 e. The normalized spacial score (nSPS) is 11.0. The second-order valence-corrected chi connectivity index (χ2v) is 5.03. The number of fused-ring (bicyclic) bond motifs is 1. The molecule has 0 saturated heterocycles. The number of ketones is 1. The van der Waals surface area contributed by atoms with Crippen LogP contribution in [0.4, 0.5) is 0 Å². The average molecular weight is 302 g/mol. The first-order chi connectivity index (χ1) is 10.1. The summed E-state index contributed by atoms with van der Waals surface area (Å²) < 4.78 is 1.67. The van der Waals surface area contributed by atoms with Gasteiger partial charge in [-0.1, -0.05) is 11.6 Å². The van der Waals surface area contributed by atoms with Crippen LogP contribution in [-0.2, 0) is 6.54 Å². The summed E-state index contributed by atoms with van der Waals surface area (Å²) in [4.78, 5) is 27.8. The van der Waals surface area contributed by atoms with Gasteiger partial charge in [0.15, 0.2) is 5.78 Å². The van der Waals surface area contributed by atoms with Crippen LogP contribution in [0.2, 0.25) is 5.02 Å². The Balaban J connectivity index is 2.12. The lowest BCUT2D eigenvalue weighted by atomic mass is 10.0. The van der Waals surface area contributed by atoms with E-state index >= 15 is 0 Å². The van der Waals surface area contributed by atoms with Crippen LogP contribution < -0.4 is 5.43 Å². The standard InChI is InChI=1S/C15H12ClN3O2/c1-2-19-15-12(8-18-19)14(21)11(7-17-15)13(20)9-3-5-10(16)6-4-9/h3-8H,2H2,1H3,(H,17,21). The lowest BCUT2D eigenvalue weighted by molar-refractivity contribution is 0.103. The molecule has 3 rings (SSSR count). The van der Waals surface area contributed by atoms with E-state index in [9.17, 15) is 9.59 Å². The predicted octanol–water partition coefficient (Wildman–Crippen LogP) is 2.63. The monoisotopic (exact) mass is 301 g/mol. The third kappa shape index (κ3) is 2.25. The Hall–Kier alpha value is -2.40. The summed E-state index contributed by atoms with van der Waals surface area (Å²) in [5.74, 6) is -0.334. The lowest BCUT2D eigenvalue weighted by Crippen LogP contribution is -2.16. The van der Waals surface area contributed by atoms with E-state index in [0.717, 1.165) is 0 Å². The van der Waals surface area contributed by atoms with Crippen LogP contribution in [-0.4, -0.2) is 20.5 Å². The maximum absolute atomic E-state index is 12.4. The Morgan fingerprint density at radius 3 is 2.71 bits per heavy atom. The highest BCUT2D eigenvalue weighted by molar-refractivity contribution is 6.30. The number of carbonyl (C=O) groups is 1. The topological polar surface area (TPSA) is 67.8 Å². The average Bonchev–Trinajstić information content (AvgIpc) is 2.92. The van der Waals surface area contributed by atoms with Gasteiger partial charge in [-0.05, 0) is 31.2 Å². The maximum atomic E-state index is 12.4. The van der Waals surface area contributed by atoms with Crippen molar-refractivity contribution in [2.75, 3.05) is 0 Å². The molecule has 0 bridgehead atoms. The number of aromatic amines is 1. The fourth-order valence-corrected chi connectivity index (χ4v) is 2.35. The zero-order chi connectivity index (χ0) is 15.0. The summed E-state index contributed by atoms with van der Waals surface area (Å²) >= 11 is 5.80. The Bertz CT molecular complexity index is 878. The van der Waals surface area contributed by atoms with Crippen molar-refractivity contribution in [2.24, 2.45) is 0 Å². The number of halogens is 1. The number of aryl methyl sites for hydroxylation is 1. The van der Waals surface area contributed by atoms with E-state index in [1.807, 2.05) is 6.92 Å². The minimum atomic E-state index is -0.334. The molecule has 5 nitrogen and oxygen atoms in total. The Labute approximate surface area is 125 Å². The van der Waals surface area contributed by atoms with Crippen molar-refractivity contribution in [3.63, 3.8) is 0 Å². The van der Waals surface area contributed by atoms with E-state index in [4.69, 9.17) is 11.6 Å². The van der Waals surface area contributed by atoms with Crippen molar-refractivity contribution in [3.8, 4) is 0 Å². The summed E-state index contributed by atoms with van der Waals surface area (Å²) in [6.07, 6.45) is 2.92. The van der Waals surface area contributed by atoms with E-state index in [0.29, 0.717) is 28.2 Å². The van der Waals surface area contributed by atoms with Crippen LogP contribution in [0.1, 0.15) is 22.8 Å². The number of rotatable bonds is 3. The van der Waals surface area contributed by atoms with E-state index in [1.165, 1.54) is 12.4 Å². The molecular weight excluding hydrogens is 290 g/mol. The predicted molar refractivity (Wildman–Crippen MR) is 80.9 cm³/mol.